The van der Waals surface area contributed by atoms with Crippen molar-refractivity contribution in [3.63, 3.8) is 0 Å². The summed E-state index contributed by atoms with van der Waals surface area (Å²) < 4.78 is 5.73. The molecule has 2 aromatic carbocycles. The highest BCUT2D eigenvalue weighted by Crippen LogP contribution is 2.27. The quantitative estimate of drug-likeness (QED) is 0.427. The third-order valence-electron chi connectivity index (χ3n) is 3.79. The first-order valence-corrected chi connectivity index (χ1v) is 8.77. The van der Waals surface area contributed by atoms with E-state index < -0.39 is 5.91 Å². The summed E-state index contributed by atoms with van der Waals surface area (Å²) in [5.41, 5.74) is 2.27. The molecule has 3 aromatic rings. The van der Waals surface area contributed by atoms with E-state index in [1.165, 1.54) is 12.1 Å². The Labute approximate surface area is 166 Å². The lowest BCUT2D eigenvalue weighted by Crippen LogP contribution is -2.13. The van der Waals surface area contributed by atoms with E-state index in [9.17, 15) is 10.1 Å². The molecular weight excluding hydrogens is 383 g/mol. The van der Waals surface area contributed by atoms with Crippen LogP contribution in [0.5, 0.6) is 0 Å². The van der Waals surface area contributed by atoms with Crippen LogP contribution in [0.2, 0.25) is 10.0 Å². The normalized spacial score (nSPS) is 11.1. The second kappa shape index (κ2) is 8.13. The van der Waals surface area contributed by atoms with Gasteiger partial charge in [0.25, 0.3) is 5.91 Å². The van der Waals surface area contributed by atoms with Crippen LogP contribution in [0.3, 0.4) is 0 Å². The van der Waals surface area contributed by atoms with Crippen molar-refractivity contribution in [2.45, 2.75) is 6.92 Å². The molecule has 1 aromatic heterocycles. The first-order chi connectivity index (χ1) is 13.0. The van der Waals surface area contributed by atoms with E-state index in [4.69, 9.17) is 27.6 Å². The minimum Gasteiger partial charge on any atom is -0.457 e. The summed E-state index contributed by atoms with van der Waals surface area (Å²) in [5, 5.41) is 12.7. The highest BCUT2D eigenvalue weighted by molar-refractivity contribution is 6.36. The Bertz CT molecular complexity index is 1060. The molecule has 134 valence electrons. The average Bonchev–Trinajstić information content (AvgIpc) is 3.12. The lowest BCUT2D eigenvalue weighted by molar-refractivity contribution is -0.112. The number of anilines is 1. The van der Waals surface area contributed by atoms with Gasteiger partial charge in [-0.3, -0.25) is 4.79 Å². The SMILES string of the molecule is Cc1ccc(-c2ccc(/C=C(\C#N)C(=O)Nc3cc(Cl)ccc3Cl)o2)cc1. The van der Waals surface area contributed by atoms with E-state index in [0.29, 0.717) is 27.3 Å². The van der Waals surface area contributed by atoms with E-state index in [0.717, 1.165) is 11.1 Å². The highest BCUT2D eigenvalue weighted by atomic mass is 35.5. The van der Waals surface area contributed by atoms with Gasteiger partial charge >= 0.3 is 0 Å². The van der Waals surface area contributed by atoms with Crippen LogP contribution in [-0.4, -0.2) is 5.91 Å². The Balaban J connectivity index is 1.82. The Morgan fingerprint density at radius 3 is 2.56 bits per heavy atom. The number of hydrogen-bond donors (Lipinski definition) is 1. The first-order valence-electron chi connectivity index (χ1n) is 8.01. The van der Waals surface area contributed by atoms with Gasteiger partial charge in [0.2, 0.25) is 0 Å². The van der Waals surface area contributed by atoms with Crippen molar-refractivity contribution in [3.8, 4) is 17.4 Å². The van der Waals surface area contributed by atoms with Gasteiger partial charge < -0.3 is 9.73 Å². The zero-order valence-electron chi connectivity index (χ0n) is 14.3. The van der Waals surface area contributed by atoms with E-state index in [1.807, 2.05) is 37.3 Å². The van der Waals surface area contributed by atoms with Crippen molar-refractivity contribution in [1.82, 2.24) is 0 Å². The van der Waals surface area contributed by atoms with Gasteiger partial charge in [0.05, 0.1) is 10.7 Å². The molecule has 0 fully saturated rings. The number of rotatable bonds is 4. The smallest absolute Gasteiger partial charge is 0.266 e. The Hall–Kier alpha value is -3.00. The van der Waals surface area contributed by atoms with Crippen LogP contribution in [0.15, 0.2) is 64.6 Å². The van der Waals surface area contributed by atoms with E-state index in [-0.39, 0.29) is 5.57 Å². The van der Waals surface area contributed by atoms with Crippen LogP contribution < -0.4 is 5.32 Å². The summed E-state index contributed by atoms with van der Waals surface area (Å²) in [6.45, 7) is 2.00. The number of halogens is 2. The zero-order chi connectivity index (χ0) is 19.4. The van der Waals surface area contributed by atoms with Crippen LogP contribution in [0, 0.1) is 18.3 Å². The fraction of sp³-hybridized carbons (Fsp3) is 0.0476. The van der Waals surface area contributed by atoms with Gasteiger partial charge in [0.1, 0.15) is 23.2 Å². The fourth-order valence-electron chi connectivity index (χ4n) is 2.38. The van der Waals surface area contributed by atoms with Crippen LogP contribution in [0.4, 0.5) is 5.69 Å². The molecule has 0 aliphatic carbocycles. The number of amides is 1. The molecule has 4 nitrogen and oxygen atoms in total. The molecule has 0 bridgehead atoms. The van der Waals surface area contributed by atoms with Gasteiger partial charge in [0, 0.05) is 16.7 Å². The minimum atomic E-state index is -0.602. The molecule has 0 aliphatic rings. The number of nitriles is 1. The molecule has 0 aliphatic heterocycles. The summed E-state index contributed by atoms with van der Waals surface area (Å²) >= 11 is 11.9. The van der Waals surface area contributed by atoms with Gasteiger partial charge in [-0.15, -0.1) is 0 Å². The number of carbonyl (C=O) groups is 1. The molecule has 0 saturated heterocycles. The maximum atomic E-state index is 12.4. The van der Waals surface area contributed by atoms with E-state index >= 15 is 0 Å². The topological polar surface area (TPSA) is 66.0 Å². The van der Waals surface area contributed by atoms with Crippen LogP contribution >= 0.6 is 23.2 Å². The molecule has 1 amide bonds. The third-order valence-corrected chi connectivity index (χ3v) is 4.36. The summed E-state index contributed by atoms with van der Waals surface area (Å²) in [4.78, 5) is 12.4. The van der Waals surface area contributed by atoms with Gasteiger partial charge in [-0.2, -0.15) is 5.26 Å². The zero-order valence-corrected chi connectivity index (χ0v) is 15.8. The molecule has 27 heavy (non-hydrogen) atoms. The molecule has 0 saturated carbocycles. The summed E-state index contributed by atoms with van der Waals surface area (Å²) in [7, 11) is 0. The van der Waals surface area contributed by atoms with Crippen LogP contribution in [0.1, 0.15) is 11.3 Å². The number of hydrogen-bond acceptors (Lipinski definition) is 3. The summed E-state index contributed by atoms with van der Waals surface area (Å²) in [6, 6.07) is 17.9. The third kappa shape index (κ3) is 4.59. The van der Waals surface area contributed by atoms with E-state index in [2.05, 4.69) is 5.32 Å². The lowest BCUT2D eigenvalue weighted by atomic mass is 10.1. The Kier molecular flexibility index (Phi) is 5.66. The predicted octanol–water partition coefficient (Wildman–Crippen LogP) is 6.11. The molecule has 0 radical (unpaired) electrons. The maximum absolute atomic E-state index is 12.4. The maximum Gasteiger partial charge on any atom is 0.266 e. The van der Waals surface area contributed by atoms with Crippen molar-refractivity contribution in [3.05, 3.63) is 81.5 Å². The summed E-state index contributed by atoms with van der Waals surface area (Å²) in [6.07, 6.45) is 1.38. The Morgan fingerprint density at radius 2 is 1.85 bits per heavy atom. The summed E-state index contributed by atoms with van der Waals surface area (Å²) in [5.74, 6) is 0.446. The van der Waals surface area contributed by atoms with Gasteiger partial charge in [0.15, 0.2) is 0 Å². The monoisotopic (exact) mass is 396 g/mol. The van der Waals surface area contributed by atoms with Crippen molar-refractivity contribution >= 4 is 40.9 Å². The number of benzene rings is 2. The molecule has 0 atom stereocenters. The van der Waals surface area contributed by atoms with Gasteiger partial charge in [-0.05, 0) is 37.3 Å². The largest absolute Gasteiger partial charge is 0.457 e. The number of aryl methyl sites for hydroxylation is 1. The van der Waals surface area contributed by atoms with Crippen molar-refractivity contribution in [1.29, 1.82) is 5.26 Å². The molecule has 0 unspecified atom stereocenters. The number of furan rings is 1. The van der Waals surface area contributed by atoms with Crippen molar-refractivity contribution < 1.29 is 9.21 Å². The van der Waals surface area contributed by atoms with Gasteiger partial charge in [-0.1, -0.05) is 53.0 Å². The molecule has 3 rings (SSSR count). The van der Waals surface area contributed by atoms with Crippen LogP contribution in [0.25, 0.3) is 17.4 Å². The molecule has 6 heteroatoms. The second-order valence-corrected chi connectivity index (χ2v) is 6.66. The second-order valence-electron chi connectivity index (χ2n) is 5.82. The molecule has 1 N–H and O–H groups in total. The first kappa shape index (κ1) is 18.8. The highest BCUT2D eigenvalue weighted by Gasteiger charge is 2.13. The van der Waals surface area contributed by atoms with Crippen molar-refractivity contribution in [2.75, 3.05) is 5.32 Å². The predicted molar refractivity (Wildman–Crippen MR) is 108 cm³/mol. The molecular formula is C21H14Cl2N2O2. The number of nitrogens with zero attached hydrogens (tertiary/aromatic N) is 1. The average molecular weight is 397 g/mol. The van der Waals surface area contributed by atoms with Gasteiger partial charge in [-0.25, -0.2) is 0 Å². The lowest BCUT2D eigenvalue weighted by Gasteiger charge is -2.06. The fourth-order valence-corrected chi connectivity index (χ4v) is 2.71. The molecule has 0 spiro atoms. The Morgan fingerprint density at radius 1 is 1.11 bits per heavy atom. The molecule has 1 heterocycles. The standard InChI is InChI=1S/C21H14Cl2N2O2/c1-13-2-4-14(5-3-13)20-9-7-17(27-20)10-15(12-24)21(26)25-19-11-16(22)6-8-18(19)23/h2-11H,1H3,(H,25,26)/b15-10+. The van der Waals surface area contributed by atoms with Crippen molar-refractivity contribution in [2.24, 2.45) is 0 Å². The van der Waals surface area contributed by atoms with E-state index in [1.54, 1.807) is 24.3 Å². The minimum absolute atomic E-state index is 0.115. The number of carbonyl (C=O) groups excluding carboxylic acids is 1. The van der Waals surface area contributed by atoms with Crippen LogP contribution in [-0.2, 0) is 4.79 Å². The number of nitrogens with one attached hydrogen (secondary N) is 1.